The first-order chi connectivity index (χ1) is 7.16. The van der Waals surface area contributed by atoms with Crippen LogP contribution in [0.4, 0.5) is 0 Å². The molecule has 4 heteroatoms. The maximum absolute atomic E-state index is 6.07. The lowest BCUT2D eigenvalue weighted by atomic mass is 10.0. The smallest absolute Gasteiger partial charge is 0.122 e. The van der Waals surface area contributed by atoms with Crippen LogP contribution in [0.5, 0.6) is 0 Å². The van der Waals surface area contributed by atoms with Gasteiger partial charge in [0.15, 0.2) is 0 Å². The Morgan fingerprint density at radius 2 is 2.27 bits per heavy atom. The summed E-state index contributed by atoms with van der Waals surface area (Å²) in [6.45, 7) is 8.40. The zero-order valence-electron chi connectivity index (χ0n) is 9.56. The molecule has 0 aliphatic carbocycles. The fourth-order valence-electron chi connectivity index (χ4n) is 1.89. The summed E-state index contributed by atoms with van der Waals surface area (Å²) < 4.78 is 2.22. The summed E-state index contributed by atoms with van der Waals surface area (Å²) in [5.41, 5.74) is 6.07. The highest BCUT2D eigenvalue weighted by Gasteiger charge is 2.19. The van der Waals surface area contributed by atoms with Crippen molar-refractivity contribution in [2.24, 2.45) is 11.7 Å². The van der Waals surface area contributed by atoms with E-state index in [0.29, 0.717) is 5.92 Å². The molecule has 15 heavy (non-hydrogen) atoms. The van der Waals surface area contributed by atoms with Gasteiger partial charge in [-0.25, -0.2) is 4.98 Å². The molecular weight excluding hydrogens is 188 g/mol. The molecule has 2 rings (SSSR count). The Hall–Kier alpha value is -0.870. The Kier molecular flexibility index (Phi) is 3.07. The topological polar surface area (TPSA) is 47.1 Å². The number of nitrogens with two attached hydrogens (primary N) is 1. The van der Waals surface area contributed by atoms with Crippen molar-refractivity contribution in [1.29, 1.82) is 0 Å². The van der Waals surface area contributed by atoms with E-state index in [4.69, 9.17) is 5.73 Å². The third kappa shape index (κ3) is 2.38. The van der Waals surface area contributed by atoms with Crippen molar-refractivity contribution < 1.29 is 0 Å². The Bertz CT molecular complexity index is 318. The standard InChI is InChI=1S/C11H20N4/c1-9(2)10(12)7-14-5-6-15-4-3-13-11(15)8-14/h3-4,9-10H,5-8,12H2,1-2H3. The van der Waals surface area contributed by atoms with Crippen LogP contribution in [0.3, 0.4) is 0 Å². The average molecular weight is 208 g/mol. The molecule has 0 spiro atoms. The molecule has 0 saturated carbocycles. The Morgan fingerprint density at radius 1 is 1.47 bits per heavy atom. The fraction of sp³-hybridized carbons (Fsp3) is 0.727. The number of aromatic nitrogens is 2. The maximum Gasteiger partial charge on any atom is 0.122 e. The van der Waals surface area contributed by atoms with Crippen LogP contribution in [0.25, 0.3) is 0 Å². The van der Waals surface area contributed by atoms with Crippen LogP contribution in [0.2, 0.25) is 0 Å². The van der Waals surface area contributed by atoms with E-state index in [1.165, 1.54) is 0 Å². The van der Waals surface area contributed by atoms with Crippen molar-refractivity contribution >= 4 is 0 Å². The van der Waals surface area contributed by atoms with Crippen LogP contribution in [0.1, 0.15) is 19.7 Å². The summed E-state index contributed by atoms with van der Waals surface area (Å²) in [5.74, 6) is 1.71. The number of rotatable bonds is 3. The van der Waals surface area contributed by atoms with Gasteiger partial charge in [0.05, 0.1) is 6.54 Å². The molecule has 0 fully saturated rings. The van der Waals surface area contributed by atoms with E-state index >= 15 is 0 Å². The quantitative estimate of drug-likeness (QED) is 0.794. The zero-order chi connectivity index (χ0) is 10.8. The molecule has 0 bridgehead atoms. The highest BCUT2D eigenvalue weighted by molar-refractivity contribution is 4.95. The lowest BCUT2D eigenvalue weighted by molar-refractivity contribution is 0.192. The van der Waals surface area contributed by atoms with E-state index in [0.717, 1.165) is 32.0 Å². The molecule has 1 aliphatic heterocycles. The van der Waals surface area contributed by atoms with Gasteiger partial charge in [0, 0.05) is 38.1 Å². The largest absolute Gasteiger partial charge is 0.333 e. The van der Waals surface area contributed by atoms with Crippen LogP contribution >= 0.6 is 0 Å². The highest BCUT2D eigenvalue weighted by atomic mass is 15.2. The molecule has 0 saturated heterocycles. The van der Waals surface area contributed by atoms with Crippen LogP contribution in [-0.4, -0.2) is 33.6 Å². The van der Waals surface area contributed by atoms with Gasteiger partial charge in [-0.1, -0.05) is 13.8 Å². The molecule has 0 aromatic carbocycles. The first kappa shape index (κ1) is 10.6. The molecule has 2 N–H and O–H groups in total. The van der Waals surface area contributed by atoms with E-state index in [2.05, 4.69) is 34.5 Å². The number of hydrogen-bond donors (Lipinski definition) is 1. The molecule has 1 atom stereocenters. The van der Waals surface area contributed by atoms with Crippen LogP contribution < -0.4 is 5.73 Å². The number of nitrogens with zero attached hydrogens (tertiary/aromatic N) is 3. The van der Waals surface area contributed by atoms with E-state index in [1.807, 2.05) is 6.20 Å². The average Bonchev–Trinajstić information content (AvgIpc) is 2.64. The maximum atomic E-state index is 6.07. The van der Waals surface area contributed by atoms with Crippen molar-refractivity contribution in [3.8, 4) is 0 Å². The van der Waals surface area contributed by atoms with Crippen LogP contribution in [-0.2, 0) is 13.1 Å². The molecule has 0 radical (unpaired) electrons. The van der Waals surface area contributed by atoms with E-state index in [9.17, 15) is 0 Å². The Balaban J connectivity index is 1.93. The minimum atomic E-state index is 0.270. The van der Waals surface area contributed by atoms with Gasteiger partial charge >= 0.3 is 0 Å². The summed E-state index contributed by atoms with van der Waals surface area (Å²) in [6, 6.07) is 0.270. The SMILES string of the molecule is CC(C)C(N)CN1CCn2ccnc2C1. The zero-order valence-corrected chi connectivity index (χ0v) is 9.56. The van der Waals surface area contributed by atoms with Crippen LogP contribution in [0, 0.1) is 5.92 Å². The number of imidazole rings is 1. The normalized spacial score (nSPS) is 19.2. The molecule has 1 unspecified atom stereocenters. The number of hydrogen-bond acceptors (Lipinski definition) is 3. The summed E-state index contributed by atoms with van der Waals surface area (Å²) in [6.07, 6.45) is 3.93. The van der Waals surface area contributed by atoms with Crippen molar-refractivity contribution in [1.82, 2.24) is 14.5 Å². The predicted molar refractivity (Wildman–Crippen MR) is 60.3 cm³/mol. The van der Waals surface area contributed by atoms with Gasteiger partial charge in [-0.05, 0) is 5.92 Å². The first-order valence-corrected chi connectivity index (χ1v) is 5.65. The second-order valence-corrected chi connectivity index (χ2v) is 4.68. The summed E-state index contributed by atoms with van der Waals surface area (Å²) >= 11 is 0. The lowest BCUT2D eigenvalue weighted by Crippen LogP contribution is -2.43. The molecule has 1 aromatic rings. The second kappa shape index (κ2) is 4.33. The van der Waals surface area contributed by atoms with Gasteiger partial charge in [0.1, 0.15) is 5.82 Å². The summed E-state index contributed by atoms with van der Waals surface area (Å²) in [4.78, 5) is 6.74. The van der Waals surface area contributed by atoms with Gasteiger partial charge < -0.3 is 10.3 Å². The molecule has 0 amide bonds. The minimum Gasteiger partial charge on any atom is -0.333 e. The molecule has 2 heterocycles. The summed E-state index contributed by atoms with van der Waals surface area (Å²) in [7, 11) is 0. The van der Waals surface area contributed by atoms with Crippen molar-refractivity contribution in [2.75, 3.05) is 13.1 Å². The van der Waals surface area contributed by atoms with E-state index < -0.39 is 0 Å². The first-order valence-electron chi connectivity index (χ1n) is 5.65. The molecular formula is C11H20N4. The Labute approximate surface area is 91.1 Å². The van der Waals surface area contributed by atoms with Crippen LogP contribution in [0.15, 0.2) is 12.4 Å². The Morgan fingerprint density at radius 3 is 3.00 bits per heavy atom. The molecule has 1 aliphatic rings. The minimum absolute atomic E-state index is 0.270. The van der Waals surface area contributed by atoms with Gasteiger partial charge in [0.2, 0.25) is 0 Å². The van der Waals surface area contributed by atoms with E-state index in [1.54, 1.807) is 0 Å². The summed E-state index contributed by atoms with van der Waals surface area (Å²) in [5, 5.41) is 0. The predicted octanol–water partition coefficient (Wildman–Crippen LogP) is 0.682. The molecule has 84 valence electrons. The monoisotopic (exact) mass is 208 g/mol. The third-order valence-electron chi connectivity index (χ3n) is 3.15. The lowest BCUT2D eigenvalue weighted by Gasteiger charge is -2.30. The van der Waals surface area contributed by atoms with E-state index in [-0.39, 0.29) is 6.04 Å². The number of fused-ring (bicyclic) bond motifs is 1. The molecule has 4 nitrogen and oxygen atoms in total. The molecule has 1 aromatic heterocycles. The van der Waals surface area contributed by atoms with Crippen molar-refractivity contribution in [2.45, 2.75) is 33.0 Å². The highest BCUT2D eigenvalue weighted by Crippen LogP contribution is 2.11. The fourth-order valence-corrected chi connectivity index (χ4v) is 1.89. The van der Waals surface area contributed by atoms with Crippen molar-refractivity contribution in [3.05, 3.63) is 18.2 Å². The van der Waals surface area contributed by atoms with Gasteiger partial charge in [-0.2, -0.15) is 0 Å². The van der Waals surface area contributed by atoms with Gasteiger partial charge in [-0.15, -0.1) is 0 Å². The second-order valence-electron chi connectivity index (χ2n) is 4.68. The van der Waals surface area contributed by atoms with Gasteiger partial charge in [-0.3, -0.25) is 4.90 Å². The van der Waals surface area contributed by atoms with Crippen molar-refractivity contribution in [3.63, 3.8) is 0 Å². The van der Waals surface area contributed by atoms with Gasteiger partial charge in [0.25, 0.3) is 0 Å². The third-order valence-corrected chi connectivity index (χ3v) is 3.15.